The normalized spacial score (nSPS) is 27.8. The number of hydrogen-bond acceptors (Lipinski definition) is 1. The van der Waals surface area contributed by atoms with E-state index in [0.717, 1.165) is 12.4 Å². The molecule has 0 amide bonds. The predicted molar refractivity (Wildman–Crippen MR) is 62.0 cm³/mol. The van der Waals surface area contributed by atoms with Crippen molar-refractivity contribution in [1.82, 2.24) is 4.23 Å². The molecule has 12 heavy (non-hydrogen) atoms. The van der Waals surface area contributed by atoms with Crippen molar-refractivity contribution < 1.29 is 0 Å². The van der Waals surface area contributed by atoms with Gasteiger partial charge < -0.3 is 4.23 Å². The molecule has 0 aromatic rings. The topological polar surface area (TPSA) is 3.24 Å². The maximum absolute atomic E-state index is 5.84. The molecule has 0 aromatic carbocycles. The number of alkyl halides is 1. The third kappa shape index (κ3) is 1.95. The molecule has 1 nitrogen and oxygen atoms in total. The zero-order chi connectivity index (χ0) is 9.41. The molecule has 4 heteroatoms. The minimum atomic E-state index is -1.02. The van der Waals surface area contributed by atoms with Crippen molar-refractivity contribution in [3.8, 4) is 0 Å². The predicted octanol–water partition coefficient (Wildman–Crippen LogP) is 2.95. The Morgan fingerprint density at radius 2 is 1.50 bits per heavy atom. The van der Waals surface area contributed by atoms with E-state index in [9.17, 15) is 0 Å². The zero-order valence-corrected chi connectivity index (χ0v) is 11.4. The summed E-state index contributed by atoms with van der Waals surface area (Å²) in [4.78, 5) is 0. The van der Waals surface area contributed by atoms with Crippen molar-refractivity contribution in [2.75, 3.05) is 12.4 Å². The molecular formula is C8H20ClNSi2. The summed E-state index contributed by atoms with van der Waals surface area (Å²) in [5.41, 5.74) is 0. The Morgan fingerprint density at radius 3 is 1.83 bits per heavy atom. The van der Waals surface area contributed by atoms with Crippen LogP contribution >= 0.6 is 11.6 Å². The Kier molecular flexibility index (Phi) is 3.09. The quantitative estimate of drug-likeness (QED) is 0.512. The molecule has 1 aliphatic rings. The molecule has 0 radical (unpaired) electrons. The van der Waals surface area contributed by atoms with Gasteiger partial charge in [0, 0.05) is 5.88 Å². The van der Waals surface area contributed by atoms with E-state index in [4.69, 9.17) is 11.6 Å². The summed E-state index contributed by atoms with van der Waals surface area (Å²) >= 11 is 5.84. The summed E-state index contributed by atoms with van der Waals surface area (Å²) in [7, 11) is -2.03. The minimum Gasteiger partial charge on any atom is -0.344 e. The first-order valence-corrected chi connectivity index (χ1v) is 11.6. The molecule has 1 saturated heterocycles. The fourth-order valence-electron chi connectivity index (χ4n) is 2.39. The van der Waals surface area contributed by atoms with Crippen LogP contribution in [0.2, 0.25) is 38.3 Å². The highest BCUT2D eigenvalue weighted by atomic mass is 35.5. The summed E-state index contributed by atoms with van der Waals surface area (Å²) in [5.74, 6) is 0.812. The molecule has 0 unspecified atom stereocenters. The van der Waals surface area contributed by atoms with Crippen LogP contribution in [-0.2, 0) is 0 Å². The Morgan fingerprint density at radius 1 is 1.08 bits per heavy atom. The molecule has 0 atom stereocenters. The van der Waals surface area contributed by atoms with E-state index < -0.39 is 16.5 Å². The van der Waals surface area contributed by atoms with Gasteiger partial charge in [-0.2, -0.15) is 0 Å². The first kappa shape index (κ1) is 10.8. The van der Waals surface area contributed by atoms with E-state index in [1.807, 2.05) is 0 Å². The molecule has 0 N–H and O–H groups in total. The molecular weight excluding hydrogens is 202 g/mol. The number of rotatable bonds is 2. The second-order valence-electron chi connectivity index (χ2n) is 4.97. The lowest BCUT2D eigenvalue weighted by Gasteiger charge is -2.38. The van der Waals surface area contributed by atoms with E-state index in [1.54, 1.807) is 0 Å². The smallest absolute Gasteiger partial charge is 0.115 e. The average molecular weight is 222 g/mol. The van der Waals surface area contributed by atoms with Crippen molar-refractivity contribution in [2.45, 2.75) is 38.3 Å². The first-order chi connectivity index (χ1) is 5.40. The van der Waals surface area contributed by atoms with Gasteiger partial charge in [0.25, 0.3) is 0 Å². The van der Waals surface area contributed by atoms with Gasteiger partial charge in [0.15, 0.2) is 0 Å². The Bertz CT molecular complexity index is 154. The van der Waals surface area contributed by atoms with Gasteiger partial charge in [0.1, 0.15) is 16.5 Å². The van der Waals surface area contributed by atoms with Crippen LogP contribution in [-0.4, -0.2) is 33.1 Å². The van der Waals surface area contributed by atoms with Crippen LogP contribution in [0.25, 0.3) is 0 Å². The largest absolute Gasteiger partial charge is 0.344 e. The van der Waals surface area contributed by atoms with Crippen LogP contribution in [0.1, 0.15) is 0 Å². The zero-order valence-electron chi connectivity index (χ0n) is 8.65. The van der Waals surface area contributed by atoms with E-state index in [1.165, 1.54) is 12.1 Å². The van der Waals surface area contributed by atoms with E-state index >= 15 is 0 Å². The fourth-order valence-corrected chi connectivity index (χ4v) is 16.9. The van der Waals surface area contributed by atoms with Crippen LogP contribution in [0.5, 0.6) is 0 Å². The fraction of sp³-hybridized carbons (Fsp3) is 1.00. The molecule has 0 bridgehead atoms. The van der Waals surface area contributed by atoms with Gasteiger partial charge in [-0.1, -0.05) is 26.2 Å². The van der Waals surface area contributed by atoms with Crippen molar-refractivity contribution in [3.05, 3.63) is 0 Å². The lowest BCUT2D eigenvalue weighted by molar-refractivity contribution is 0.668. The van der Waals surface area contributed by atoms with Gasteiger partial charge in [-0.25, -0.2) is 0 Å². The molecule has 1 rings (SSSR count). The molecule has 1 aliphatic heterocycles. The standard InChI is InChI=1S/C8H20ClNSi2/c1-11(2)7-8-12(3,4)10(11)6-5-9/h5-8H2,1-4H3. The Labute approximate surface area is 83.3 Å². The second kappa shape index (κ2) is 3.44. The van der Waals surface area contributed by atoms with Crippen molar-refractivity contribution in [2.24, 2.45) is 0 Å². The van der Waals surface area contributed by atoms with Gasteiger partial charge >= 0.3 is 0 Å². The van der Waals surface area contributed by atoms with Crippen molar-refractivity contribution in [3.63, 3.8) is 0 Å². The van der Waals surface area contributed by atoms with Gasteiger partial charge in [0.2, 0.25) is 0 Å². The third-order valence-corrected chi connectivity index (χ3v) is 13.7. The lowest BCUT2D eigenvalue weighted by atomic mass is 10.8. The maximum Gasteiger partial charge on any atom is 0.115 e. The summed E-state index contributed by atoms with van der Waals surface area (Å²) in [6.45, 7) is 11.1. The third-order valence-electron chi connectivity index (χ3n) is 3.12. The summed E-state index contributed by atoms with van der Waals surface area (Å²) < 4.78 is 2.81. The Balaban J connectivity index is 2.74. The molecule has 0 aromatic heterocycles. The molecule has 72 valence electrons. The highest BCUT2D eigenvalue weighted by Gasteiger charge is 2.46. The molecule has 0 aliphatic carbocycles. The monoisotopic (exact) mass is 221 g/mol. The number of halogens is 1. The Hall–Kier alpha value is 0.684. The number of hydrogen-bond donors (Lipinski definition) is 0. The maximum atomic E-state index is 5.84. The molecule has 0 saturated carbocycles. The van der Waals surface area contributed by atoms with Crippen LogP contribution in [0, 0.1) is 0 Å². The van der Waals surface area contributed by atoms with Crippen LogP contribution in [0.15, 0.2) is 0 Å². The molecule has 1 heterocycles. The summed E-state index contributed by atoms with van der Waals surface area (Å²) in [5, 5.41) is 0. The van der Waals surface area contributed by atoms with Crippen LogP contribution in [0.3, 0.4) is 0 Å². The molecule has 1 fully saturated rings. The van der Waals surface area contributed by atoms with E-state index in [-0.39, 0.29) is 0 Å². The highest BCUT2D eigenvalue weighted by molar-refractivity contribution is 6.95. The van der Waals surface area contributed by atoms with Crippen molar-refractivity contribution in [1.29, 1.82) is 0 Å². The summed E-state index contributed by atoms with van der Waals surface area (Å²) in [6.07, 6.45) is 0. The average Bonchev–Trinajstić information content (AvgIpc) is 2.13. The van der Waals surface area contributed by atoms with E-state index in [2.05, 4.69) is 30.4 Å². The van der Waals surface area contributed by atoms with Crippen LogP contribution < -0.4 is 0 Å². The van der Waals surface area contributed by atoms with Gasteiger partial charge in [0.05, 0.1) is 0 Å². The summed E-state index contributed by atoms with van der Waals surface area (Å²) in [6, 6.07) is 2.98. The first-order valence-electron chi connectivity index (χ1n) is 4.74. The SMILES string of the molecule is C[Si]1(C)CC[Si](C)(C)N1CCCl. The van der Waals surface area contributed by atoms with Crippen molar-refractivity contribution >= 4 is 28.1 Å². The van der Waals surface area contributed by atoms with Gasteiger partial charge in [-0.05, 0) is 18.6 Å². The number of nitrogens with zero attached hydrogens (tertiary/aromatic N) is 1. The van der Waals surface area contributed by atoms with Crippen LogP contribution in [0.4, 0.5) is 0 Å². The van der Waals surface area contributed by atoms with Gasteiger partial charge in [-0.3, -0.25) is 0 Å². The second-order valence-corrected chi connectivity index (χ2v) is 15.1. The highest BCUT2D eigenvalue weighted by Crippen LogP contribution is 2.36. The van der Waals surface area contributed by atoms with E-state index in [0.29, 0.717) is 0 Å². The van der Waals surface area contributed by atoms with Gasteiger partial charge in [-0.15, -0.1) is 11.6 Å². The molecule has 0 spiro atoms. The minimum absolute atomic E-state index is 0.812. The lowest BCUT2D eigenvalue weighted by Crippen LogP contribution is -2.55.